The molecule has 2 saturated heterocycles. The summed E-state index contributed by atoms with van der Waals surface area (Å²) >= 11 is 0. The number of benzene rings is 1. The summed E-state index contributed by atoms with van der Waals surface area (Å²) in [6.07, 6.45) is 5.35. The molecule has 2 aliphatic heterocycles. The Kier molecular flexibility index (Phi) is 5.97. The summed E-state index contributed by atoms with van der Waals surface area (Å²) in [5, 5.41) is 15.0. The second-order valence-corrected chi connectivity index (χ2v) is 8.56. The molecule has 0 amide bonds. The molecule has 7 nitrogen and oxygen atoms in total. The van der Waals surface area contributed by atoms with Gasteiger partial charge in [0.2, 0.25) is 0 Å². The number of likely N-dealkylation sites (tertiary alicyclic amines) is 1. The van der Waals surface area contributed by atoms with Crippen LogP contribution in [0.3, 0.4) is 0 Å². The number of anilines is 1. The highest BCUT2D eigenvalue weighted by Crippen LogP contribution is 2.22. The van der Waals surface area contributed by atoms with E-state index in [0.717, 1.165) is 58.2 Å². The third kappa shape index (κ3) is 4.79. The number of β-amino-alcohol motifs (C(OH)–C–C–N with tert-alkyl or cyclic N) is 1. The lowest BCUT2D eigenvalue weighted by Gasteiger charge is -2.39. The monoisotopic (exact) mass is 418 g/mol. The molecule has 162 valence electrons. The maximum absolute atomic E-state index is 10.7. The molecule has 3 aromatic rings. The molecule has 2 fully saturated rings. The van der Waals surface area contributed by atoms with Crippen LogP contribution in [0.1, 0.15) is 11.1 Å². The average molecular weight is 419 g/mol. The van der Waals surface area contributed by atoms with Gasteiger partial charge in [0, 0.05) is 70.4 Å². The first kappa shape index (κ1) is 20.2. The Morgan fingerprint density at radius 3 is 2.29 bits per heavy atom. The average Bonchev–Trinajstić information content (AvgIpc) is 3.45. The number of aliphatic hydroxyl groups is 1. The van der Waals surface area contributed by atoms with E-state index in [0.29, 0.717) is 0 Å². The minimum Gasteiger partial charge on any atom is -0.390 e. The van der Waals surface area contributed by atoms with Crippen LogP contribution < -0.4 is 4.90 Å². The lowest BCUT2D eigenvalue weighted by molar-refractivity contribution is 0.0790. The van der Waals surface area contributed by atoms with Crippen LogP contribution in [0.25, 0.3) is 0 Å². The molecule has 31 heavy (non-hydrogen) atoms. The minimum atomic E-state index is -0.291. The Morgan fingerprint density at radius 1 is 0.839 bits per heavy atom. The molecule has 2 aliphatic rings. The van der Waals surface area contributed by atoms with Gasteiger partial charge in [0.25, 0.3) is 0 Å². The number of nitrogens with zero attached hydrogens (tertiary/aromatic N) is 6. The van der Waals surface area contributed by atoms with Crippen molar-refractivity contribution in [3.05, 3.63) is 78.2 Å². The van der Waals surface area contributed by atoms with E-state index in [1.54, 1.807) is 0 Å². The summed E-state index contributed by atoms with van der Waals surface area (Å²) in [7, 11) is 0. The fourth-order valence-electron chi connectivity index (χ4n) is 4.75. The summed E-state index contributed by atoms with van der Waals surface area (Å²) in [6.45, 7) is 7.17. The Hall–Kier alpha value is -2.74. The van der Waals surface area contributed by atoms with Gasteiger partial charge in [0.05, 0.1) is 12.6 Å². The Labute approximate surface area is 183 Å². The molecule has 0 saturated carbocycles. The van der Waals surface area contributed by atoms with Crippen molar-refractivity contribution in [2.75, 3.05) is 44.2 Å². The summed E-state index contributed by atoms with van der Waals surface area (Å²) < 4.78 is 1.93. The predicted octanol–water partition coefficient (Wildman–Crippen LogP) is 1.69. The first-order chi connectivity index (χ1) is 15.2. The Balaban J connectivity index is 1.13. The lowest BCUT2D eigenvalue weighted by atomic mass is 10.1. The number of piperazine rings is 1. The van der Waals surface area contributed by atoms with E-state index in [1.807, 2.05) is 41.5 Å². The van der Waals surface area contributed by atoms with Gasteiger partial charge in [0.1, 0.15) is 5.82 Å². The molecule has 4 heterocycles. The van der Waals surface area contributed by atoms with Crippen molar-refractivity contribution in [2.24, 2.45) is 0 Å². The van der Waals surface area contributed by atoms with Crippen molar-refractivity contribution >= 4 is 5.82 Å². The Morgan fingerprint density at radius 2 is 1.61 bits per heavy atom. The molecular weight excluding hydrogens is 388 g/mol. The molecule has 0 spiro atoms. The van der Waals surface area contributed by atoms with Gasteiger partial charge in [-0.3, -0.25) is 14.5 Å². The van der Waals surface area contributed by atoms with Crippen LogP contribution in [0.15, 0.2) is 67.1 Å². The molecular formula is C24H30N6O. The minimum absolute atomic E-state index is 0.213. The normalized spacial score (nSPS) is 22.8. The lowest BCUT2D eigenvalue weighted by Crippen LogP contribution is -2.53. The van der Waals surface area contributed by atoms with E-state index in [9.17, 15) is 5.11 Å². The SMILES string of the molecule is O[C@H]1CN(Cc2ccc(Cn3cccn3)cc2)C[C@@H]1N1CCN(c2ccccn2)CC1. The van der Waals surface area contributed by atoms with Gasteiger partial charge in [-0.05, 0) is 29.3 Å². The van der Waals surface area contributed by atoms with Crippen LogP contribution in [0.5, 0.6) is 0 Å². The summed E-state index contributed by atoms with van der Waals surface area (Å²) in [5.41, 5.74) is 2.54. The van der Waals surface area contributed by atoms with Gasteiger partial charge in [-0.15, -0.1) is 0 Å². The third-order valence-corrected chi connectivity index (χ3v) is 6.42. The summed E-state index contributed by atoms with van der Waals surface area (Å²) in [4.78, 5) is 11.6. The van der Waals surface area contributed by atoms with Crippen LogP contribution in [0.2, 0.25) is 0 Å². The highest BCUT2D eigenvalue weighted by molar-refractivity contribution is 5.38. The van der Waals surface area contributed by atoms with Crippen LogP contribution in [0.4, 0.5) is 5.82 Å². The number of hydrogen-bond donors (Lipinski definition) is 1. The first-order valence-corrected chi connectivity index (χ1v) is 11.1. The molecule has 1 aromatic carbocycles. The standard InChI is InChI=1S/C24H30N6O/c31-23-19-27(16-20-5-7-21(8-6-20)17-30-11-3-10-26-30)18-22(23)28-12-14-29(15-13-28)24-4-1-2-9-25-24/h1-11,22-23,31H,12-19H2/t22-,23-/m0/s1. The van der Waals surface area contributed by atoms with Crippen molar-refractivity contribution < 1.29 is 5.11 Å². The number of aromatic nitrogens is 3. The van der Waals surface area contributed by atoms with Crippen molar-refractivity contribution in [3.63, 3.8) is 0 Å². The molecule has 0 aliphatic carbocycles. The highest BCUT2D eigenvalue weighted by atomic mass is 16.3. The van der Waals surface area contributed by atoms with Gasteiger partial charge in [-0.25, -0.2) is 4.98 Å². The van der Waals surface area contributed by atoms with Crippen LogP contribution >= 0.6 is 0 Å². The van der Waals surface area contributed by atoms with E-state index in [-0.39, 0.29) is 12.1 Å². The van der Waals surface area contributed by atoms with Crippen molar-refractivity contribution in [1.29, 1.82) is 0 Å². The molecule has 1 N–H and O–H groups in total. The van der Waals surface area contributed by atoms with Crippen LogP contribution in [-0.2, 0) is 13.1 Å². The van der Waals surface area contributed by atoms with E-state index in [2.05, 4.69) is 55.1 Å². The molecule has 0 radical (unpaired) electrons. The maximum atomic E-state index is 10.7. The van der Waals surface area contributed by atoms with Gasteiger partial charge >= 0.3 is 0 Å². The van der Waals surface area contributed by atoms with E-state index in [4.69, 9.17) is 0 Å². The zero-order chi connectivity index (χ0) is 21.0. The second-order valence-electron chi connectivity index (χ2n) is 8.56. The zero-order valence-electron chi connectivity index (χ0n) is 17.8. The fraction of sp³-hybridized carbons (Fsp3) is 0.417. The number of pyridine rings is 1. The van der Waals surface area contributed by atoms with Crippen molar-refractivity contribution in [1.82, 2.24) is 24.6 Å². The predicted molar refractivity (Wildman–Crippen MR) is 121 cm³/mol. The van der Waals surface area contributed by atoms with E-state index < -0.39 is 0 Å². The summed E-state index contributed by atoms with van der Waals surface area (Å²) in [6, 6.07) is 17.0. The fourth-order valence-corrected chi connectivity index (χ4v) is 4.75. The van der Waals surface area contributed by atoms with Gasteiger partial charge in [0.15, 0.2) is 0 Å². The van der Waals surface area contributed by atoms with Crippen molar-refractivity contribution in [2.45, 2.75) is 25.2 Å². The second kappa shape index (κ2) is 9.18. The largest absolute Gasteiger partial charge is 0.390 e. The first-order valence-electron chi connectivity index (χ1n) is 11.1. The van der Waals surface area contributed by atoms with Gasteiger partial charge in [-0.1, -0.05) is 30.3 Å². The molecule has 0 bridgehead atoms. The summed E-state index contributed by atoms with van der Waals surface area (Å²) in [5.74, 6) is 1.05. The molecule has 2 atom stereocenters. The number of aliphatic hydroxyl groups excluding tert-OH is 1. The Bertz CT molecular complexity index is 938. The van der Waals surface area contributed by atoms with Crippen molar-refractivity contribution in [3.8, 4) is 0 Å². The maximum Gasteiger partial charge on any atom is 0.128 e. The molecule has 7 heteroatoms. The third-order valence-electron chi connectivity index (χ3n) is 6.42. The smallest absolute Gasteiger partial charge is 0.128 e. The number of hydrogen-bond acceptors (Lipinski definition) is 6. The van der Waals surface area contributed by atoms with Crippen LogP contribution in [0, 0.1) is 0 Å². The topological polar surface area (TPSA) is 60.7 Å². The van der Waals surface area contributed by atoms with Gasteiger partial charge in [-0.2, -0.15) is 5.10 Å². The number of rotatable bonds is 6. The quantitative estimate of drug-likeness (QED) is 0.658. The molecule has 0 unspecified atom stereocenters. The molecule has 5 rings (SSSR count). The zero-order valence-corrected chi connectivity index (χ0v) is 17.8. The molecule has 2 aromatic heterocycles. The van der Waals surface area contributed by atoms with Crippen LogP contribution in [-0.4, -0.2) is 81.1 Å². The van der Waals surface area contributed by atoms with E-state index >= 15 is 0 Å². The van der Waals surface area contributed by atoms with Gasteiger partial charge < -0.3 is 10.0 Å². The highest BCUT2D eigenvalue weighted by Gasteiger charge is 2.36. The van der Waals surface area contributed by atoms with E-state index in [1.165, 1.54) is 11.1 Å².